The fourth-order valence-electron chi connectivity index (χ4n) is 2.77. The van der Waals surface area contributed by atoms with Crippen LogP contribution < -0.4 is 0 Å². The second kappa shape index (κ2) is 6.70. The minimum atomic E-state index is -4.08. The van der Waals surface area contributed by atoms with Gasteiger partial charge < -0.3 is 0 Å². The van der Waals surface area contributed by atoms with Gasteiger partial charge in [-0.05, 0) is 44.0 Å². The molecule has 1 aliphatic carbocycles. The van der Waals surface area contributed by atoms with Crippen molar-refractivity contribution < 1.29 is 13.3 Å². The standard InChI is InChI=1S/C16H16ClN3O4S/c1-11(14-4-2-3-9-18-14)19(13-6-7-13)25(23,24)16-8-5-12(17)10-15(16)20(21)22/h2-5,8-11,13H,6-7H2,1H3. The lowest BCUT2D eigenvalue weighted by Crippen LogP contribution is -2.36. The van der Waals surface area contributed by atoms with Crippen molar-refractivity contribution in [2.75, 3.05) is 0 Å². The van der Waals surface area contributed by atoms with Gasteiger partial charge in [0.25, 0.3) is 15.7 Å². The number of halogens is 1. The van der Waals surface area contributed by atoms with Crippen molar-refractivity contribution in [2.24, 2.45) is 0 Å². The van der Waals surface area contributed by atoms with Crippen LogP contribution in [0.4, 0.5) is 5.69 Å². The SMILES string of the molecule is CC(c1ccccn1)N(C1CC1)S(=O)(=O)c1ccc(Cl)cc1[N+](=O)[O-]. The first-order chi connectivity index (χ1) is 11.8. The van der Waals surface area contributed by atoms with Gasteiger partial charge in [0.1, 0.15) is 0 Å². The molecule has 132 valence electrons. The Hall–Kier alpha value is -2.03. The summed E-state index contributed by atoms with van der Waals surface area (Å²) in [6.45, 7) is 1.74. The predicted molar refractivity (Wildman–Crippen MR) is 92.8 cm³/mol. The summed E-state index contributed by atoms with van der Waals surface area (Å²) in [6, 6.07) is 8.15. The molecule has 2 aromatic rings. The molecule has 25 heavy (non-hydrogen) atoms. The van der Waals surface area contributed by atoms with Crippen molar-refractivity contribution in [2.45, 2.75) is 36.7 Å². The Bertz CT molecular complexity index is 901. The number of nitro groups is 1. The van der Waals surface area contributed by atoms with Gasteiger partial charge in [0, 0.05) is 23.3 Å². The molecule has 1 aromatic heterocycles. The Morgan fingerprint density at radius 1 is 1.32 bits per heavy atom. The fraction of sp³-hybridized carbons (Fsp3) is 0.312. The molecule has 7 nitrogen and oxygen atoms in total. The molecule has 0 saturated heterocycles. The Kier molecular flexibility index (Phi) is 4.77. The summed E-state index contributed by atoms with van der Waals surface area (Å²) in [5.74, 6) is 0. The summed E-state index contributed by atoms with van der Waals surface area (Å²) in [4.78, 5) is 14.5. The highest BCUT2D eigenvalue weighted by atomic mass is 35.5. The third-order valence-electron chi connectivity index (χ3n) is 4.08. The molecule has 0 N–H and O–H groups in total. The van der Waals surface area contributed by atoms with E-state index in [1.54, 1.807) is 31.3 Å². The van der Waals surface area contributed by atoms with Gasteiger partial charge in [-0.25, -0.2) is 8.42 Å². The molecule has 0 aliphatic heterocycles. The third-order valence-corrected chi connectivity index (χ3v) is 6.38. The van der Waals surface area contributed by atoms with E-state index in [-0.39, 0.29) is 16.0 Å². The Morgan fingerprint density at radius 2 is 2.04 bits per heavy atom. The number of pyridine rings is 1. The molecule has 3 rings (SSSR count). The van der Waals surface area contributed by atoms with E-state index in [9.17, 15) is 18.5 Å². The summed E-state index contributed by atoms with van der Waals surface area (Å²) >= 11 is 5.80. The molecule has 0 spiro atoms. The zero-order chi connectivity index (χ0) is 18.2. The molecule has 1 aromatic carbocycles. The van der Waals surface area contributed by atoms with Crippen molar-refractivity contribution in [1.29, 1.82) is 0 Å². The zero-order valence-electron chi connectivity index (χ0n) is 13.4. The predicted octanol–water partition coefficient (Wildman–Crippen LogP) is 3.56. The second-order valence-corrected chi connectivity index (χ2v) is 8.11. The topological polar surface area (TPSA) is 93.4 Å². The number of hydrogen-bond donors (Lipinski definition) is 0. The monoisotopic (exact) mass is 381 g/mol. The van der Waals surface area contributed by atoms with Crippen LogP contribution in [-0.2, 0) is 10.0 Å². The molecule has 0 amide bonds. The molecule has 0 bridgehead atoms. The fourth-order valence-corrected chi connectivity index (χ4v) is 4.93. The molecule has 0 radical (unpaired) electrons. The van der Waals surface area contributed by atoms with E-state index in [4.69, 9.17) is 11.6 Å². The number of nitrogens with zero attached hydrogens (tertiary/aromatic N) is 3. The van der Waals surface area contributed by atoms with Crippen LogP contribution >= 0.6 is 11.6 Å². The van der Waals surface area contributed by atoms with E-state index in [1.807, 2.05) is 0 Å². The molecular weight excluding hydrogens is 366 g/mol. The van der Waals surface area contributed by atoms with Crippen molar-refractivity contribution >= 4 is 27.3 Å². The number of nitro benzene ring substituents is 1. The maximum Gasteiger partial charge on any atom is 0.290 e. The van der Waals surface area contributed by atoms with E-state index in [0.717, 1.165) is 18.9 Å². The van der Waals surface area contributed by atoms with Gasteiger partial charge in [0.05, 0.1) is 16.7 Å². The minimum Gasteiger partial charge on any atom is -0.260 e. The van der Waals surface area contributed by atoms with Crippen molar-refractivity contribution in [3.63, 3.8) is 0 Å². The van der Waals surface area contributed by atoms with Crippen LogP contribution in [0.1, 0.15) is 31.5 Å². The van der Waals surface area contributed by atoms with E-state index in [1.165, 1.54) is 16.4 Å². The first-order valence-corrected chi connectivity index (χ1v) is 9.52. The first-order valence-electron chi connectivity index (χ1n) is 7.71. The van der Waals surface area contributed by atoms with Gasteiger partial charge in [-0.2, -0.15) is 4.31 Å². The smallest absolute Gasteiger partial charge is 0.260 e. The van der Waals surface area contributed by atoms with Crippen LogP contribution in [0.3, 0.4) is 0 Å². The van der Waals surface area contributed by atoms with Gasteiger partial charge in [-0.3, -0.25) is 15.1 Å². The maximum atomic E-state index is 13.2. The lowest BCUT2D eigenvalue weighted by Gasteiger charge is -2.28. The van der Waals surface area contributed by atoms with Crippen LogP contribution in [0.25, 0.3) is 0 Å². The molecule has 1 atom stereocenters. The molecule has 1 saturated carbocycles. The van der Waals surface area contributed by atoms with Crippen LogP contribution in [0.2, 0.25) is 5.02 Å². The van der Waals surface area contributed by atoms with Crippen LogP contribution in [0.15, 0.2) is 47.5 Å². The van der Waals surface area contributed by atoms with Crippen molar-refractivity contribution in [1.82, 2.24) is 9.29 Å². The molecule has 1 aliphatic rings. The van der Waals surface area contributed by atoms with Gasteiger partial charge >= 0.3 is 0 Å². The van der Waals surface area contributed by atoms with E-state index in [0.29, 0.717) is 5.69 Å². The minimum absolute atomic E-state index is 0.112. The number of aromatic nitrogens is 1. The van der Waals surface area contributed by atoms with E-state index >= 15 is 0 Å². The molecule has 1 heterocycles. The number of hydrogen-bond acceptors (Lipinski definition) is 5. The lowest BCUT2D eigenvalue weighted by molar-refractivity contribution is -0.387. The molecule has 9 heteroatoms. The van der Waals surface area contributed by atoms with Gasteiger partial charge in [-0.1, -0.05) is 17.7 Å². The Balaban J connectivity index is 2.09. The highest BCUT2D eigenvalue weighted by Crippen LogP contribution is 2.40. The van der Waals surface area contributed by atoms with Crippen molar-refractivity contribution in [3.8, 4) is 0 Å². The maximum absolute atomic E-state index is 13.2. The zero-order valence-corrected chi connectivity index (χ0v) is 14.9. The van der Waals surface area contributed by atoms with Gasteiger partial charge in [0.15, 0.2) is 4.90 Å². The molecule has 1 unspecified atom stereocenters. The summed E-state index contributed by atoms with van der Waals surface area (Å²) in [7, 11) is -4.08. The lowest BCUT2D eigenvalue weighted by atomic mass is 10.2. The molecule has 1 fully saturated rings. The normalized spacial score (nSPS) is 16.0. The molecular formula is C16H16ClN3O4S. The number of rotatable bonds is 6. The average Bonchev–Trinajstić information content (AvgIpc) is 3.39. The second-order valence-electron chi connectivity index (χ2n) is 5.87. The highest BCUT2D eigenvalue weighted by molar-refractivity contribution is 7.89. The van der Waals surface area contributed by atoms with Gasteiger partial charge in [-0.15, -0.1) is 0 Å². The number of sulfonamides is 1. The van der Waals surface area contributed by atoms with E-state index in [2.05, 4.69) is 4.98 Å². The first kappa shape index (κ1) is 17.8. The van der Waals surface area contributed by atoms with Crippen molar-refractivity contribution in [3.05, 3.63) is 63.4 Å². The van der Waals surface area contributed by atoms with Crippen LogP contribution in [0, 0.1) is 10.1 Å². The summed E-state index contributed by atoms with van der Waals surface area (Å²) < 4.78 is 27.8. The largest absolute Gasteiger partial charge is 0.290 e. The van der Waals surface area contributed by atoms with Gasteiger partial charge in [0.2, 0.25) is 0 Å². The third kappa shape index (κ3) is 3.51. The van der Waals surface area contributed by atoms with Crippen LogP contribution in [-0.4, -0.2) is 28.7 Å². The summed E-state index contributed by atoms with van der Waals surface area (Å²) in [6.07, 6.45) is 3.03. The van der Waals surface area contributed by atoms with E-state index < -0.39 is 26.7 Å². The summed E-state index contributed by atoms with van der Waals surface area (Å²) in [5, 5.41) is 11.4. The average molecular weight is 382 g/mol. The summed E-state index contributed by atoms with van der Waals surface area (Å²) in [5.41, 5.74) is 0.0703. The van der Waals surface area contributed by atoms with Crippen LogP contribution in [0.5, 0.6) is 0 Å². The Morgan fingerprint density at radius 3 is 2.60 bits per heavy atom. The Labute approximate surface area is 150 Å². The highest BCUT2D eigenvalue weighted by Gasteiger charge is 2.44. The quantitative estimate of drug-likeness (QED) is 0.563. The number of benzene rings is 1.